The number of nitrogens with zero attached hydrogens (tertiary/aromatic N) is 1. The average molecular weight is 550 g/mol. The fourth-order valence-corrected chi connectivity index (χ4v) is 5.21. The predicted molar refractivity (Wildman–Crippen MR) is 154 cm³/mol. The fraction of sp³-hybridized carbons (Fsp3) is 0.452. The van der Waals surface area contributed by atoms with Crippen molar-refractivity contribution in [3.63, 3.8) is 0 Å². The Balaban J connectivity index is 1.44. The Bertz CT molecular complexity index is 1250. The number of hydrogen-bond acceptors (Lipinski definition) is 7. The molecular weight excluding hydrogens is 510 g/mol. The number of allylic oxidation sites excluding steroid dienone is 2. The molecule has 2 aliphatic rings. The van der Waals surface area contributed by atoms with E-state index in [1.807, 2.05) is 38.1 Å². The number of piperidine rings is 1. The lowest BCUT2D eigenvalue weighted by atomic mass is 9.93. The smallest absolute Gasteiger partial charge is 0.341 e. The first-order chi connectivity index (χ1) is 19.4. The lowest BCUT2D eigenvalue weighted by Crippen LogP contribution is -2.33. The molecule has 40 heavy (non-hydrogen) atoms. The van der Waals surface area contributed by atoms with Gasteiger partial charge in [0.2, 0.25) is 0 Å². The van der Waals surface area contributed by atoms with Crippen molar-refractivity contribution in [3.8, 4) is 5.75 Å². The molecule has 0 aliphatic carbocycles. The number of cyclic esters (lactones) is 1. The van der Waals surface area contributed by atoms with Gasteiger partial charge in [-0.1, -0.05) is 36.3 Å². The third-order valence-corrected chi connectivity index (χ3v) is 7.44. The average Bonchev–Trinajstić information content (AvgIpc) is 3.35. The van der Waals surface area contributed by atoms with Gasteiger partial charge in [0.05, 0.1) is 18.4 Å². The zero-order valence-corrected chi connectivity index (χ0v) is 23.6. The monoisotopic (exact) mass is 549 g/mol. The normalized spacial score (nSPS) is 15.3. The van der Waals surface area contributed by atoms with Crippen molar-refractivity contribution in [1.29, 1.82) is 0 Å². The third kappa shape index (κ3) is 7.41. The van der Waals surface area contributed by atoms with Crippen LogP contribution < -0.4 is 15.4 Å². The van der Waals surface area contributed by atoms with Gasteiger partial charge in [0.15, 0.2) is 0 Å². The van der Waals surface area contributed by atoms with Gasteiger partial charge in [-0.15, -0.1) is 0 Å². The quantitative estimate of drug-likeness (QED) is 0.277. The number of urea groups is 1. The van der Waals surface area contributed by atoms with Crippen LogP contribution in [0.4, 0.5) is 16.2 Å². The summed E-state index contributed by atoms with van der Waals surface area (Å²) in [6.45, 7) is 7.32. The molecule has 1 fully saturated rings. The number of ether oxygens (including phenoxy) is 3. The van der Waals surface area contributed by atoms with Crippen LogP contribution in [-0.2, 0) is 27.3 Å². The van der Waals surface area contributed by atoms with Crippen LogP contribution in [0.3, 0.4) is 0 Å². The van der Waals surface area contributed by atoms with Gasteiger partial charge in [-0.25, -0.2) is 9.59 Å². The Kier molecular flexibility index (Phi) is 10.2. The molecule has 0 spiro atoms. The highest BCUT2D eigenvalue weighted by molar-refractivity contribution is 6.08. The molecule has 2 aliphatic heterocycles. The summed E-state index contributed by atoms with van der Waals surface area (Å²) in [5, 5.41) is 5.68. The van der Waals surface area contributed by atoms with Crippen LogP contribution >= 0.6 is 0 Å². The minimum Gasteiger partial charge on any atom is -0.496 e. The molecule has 1 saturated heterocycles. The van der Waals surface area contributed by atoms with E-state index in [0.717, 1.165) is 30.8 Å². The van der Waals surface area contributed by atoms with E-state index in [0.29, 0.717) is 59.7 Å². The summed E-state index contributed by atoms with van der Waals surface area (Å²) in [5.41, 5.74) is 4.51. The number of methoxy groups -OCH3 is 1. The van der Waals surface area contributed by atoms with Gasteiger partial charge in [-0.05, 0) is 70.3 Å². The van der Waals surface area contributed by atoms with Crippen molar-refractivity contribution in [3.05, 3.63) is 64.2 Å². The topological polar surface area (TPSA) is 106 Å². The molecule has 0 saturated carbocycles. The van der Waals surface area contributed by atoms with Crippen LogP contribution in [0.1, 0.15) is 66.1 Å². The molecule has 9 nitrogen and oxygen atoms in total. The molecule has 0 radical (unpaired) electrons. The number of nitrogens with one attached hydrogen (secondary N) is 2. The van der Waals surface area contributed by atoms with E-state index < -0.39 is 12.0 Å². The summed E-state index contributed by atoms with van der Waals surface area (Å²) < 4.78 is 16.5. The van der Waals surface area contributed by atoms with Gasteiger partial charge in [-0.3, -0.25) is 9.69 Å². The minimum absolute atomic E-state index is 0.125. The molecule has 2 aromatic carbocycles. The number of para-hydroxylation sites is 1. The zero-order chi connectivity index (χ0) is 28.5. The van der Waals surface area contributed by atoms with Gasteiger partial charge in [0.1, 0.15) is 19.0 Å². The largest absolute Gasteiger partial charge is 0.496 e. The Labute approximate surface area is 235 Å². The van der Waals surface area contributed by atoms with E-state index in [1.54, 1.807) is 19.2 Å². The summed E-state index contributed by atoms with van der Waals surface area (Å²) >= 11 is 0. The molecule has 0 aromatic heterocycles. The van der Waals surface area contributed by atoms with Crippen LogP contribution in [0.2, 0.25) is 0 Å². The maximum atomic E-state index is 12.9. The van der Waals surface area contributed by atoms with Crippen LogP contribution in [0.5, 0.6) is 5.75 Å². The van der Waals surface area contributed by atoms with Gasteiger partial charge in [0, 0.05) is 29.8 Å². The molecule has 214 valence electrons. The molecule has 0 bridgehead atoms. The molecule has 2 N–H and O–H groups in total. The second kappa shape index (κ2) is 14.0. The van der Waals surface area contributed by atoms with E-state index in [9.17, 15) is 14.4 Å². The number of fused-ring (bicyclic) bond motifs is 1. The second-order valence-corrected chi connectivity index (χ2v) is 10.3. The molecule has 2 aromatic rings. The number of anilines is 2. The standard InChI is InChI=1S/C31H39N3O6/c1-21(13-15-26(35)39-19-18-34-16-8-5-9-17-34)12-14-24-28(33-31(37)32-23-10-6-4-7-11-23)27-25(20-40-30(27)36)22(2)29(24)38-3/h4,6-7,10-12H,5,8-9,13-20H2,1-3H3,(H2,32,33,37)/b21-12+. The first-order valence-electron chi connectivity index (χ1n) is 13.9. The Morgan fingerprint density at radius 2 is 1.82 bits per heavy atom. The molecule has 2 amide bonds. The van der Waals surface area contributed by atoms with Crippen molar-refractivity contribution in [2.75, 3.05) is 44.0 Å². The third-order valence-electron chi connectivity index (χ3n) is 7.44. The summed E-state index contributed by atoms with van der Waals surface area (Å²) in [6, 6.07) is 8.58. The highest BCUT2D eigenvalue weighted by atomic mass is 16.5. The van der Waals surface area contributed by atoms with Gasteiger partial charge >= 0.3 is 18.0 Å². The number of rotatable bonds is 11. The summed E-state index contributed by atoms with van der Waals surface area (Å²) in [6.07, 6.45) is 6.92. The van der Waals surface area contributed by atoms with E-state index in [1.165, 1.54) is 19.3 Å². The molecule has 0 unspecified atom stereocenters. The van der Waals surface area contributed by atoms with Crippen LogP contribution in [-0.4, -0.2) is 56.2 Å². The highest BCUT2D eigenvalue weighted by Gasteiger charge is 2.32. The first kappa shape index (κ1) is 29.1. The van der Waals surface area contributed by atoms with E-state index >= 15 is 0 Å². The Hall–Kier alpha value is -3.85. The zero-order valence-electron chi connectivity index (χ0n) is 23.6. The van der Waals surface area contributed by atoms with Crippen molar-refractivity contribution in [1.82, 2.24) is 4.90 Å². The number of amides is 2. The van der Waals surface area contributed by atoms with E-state index in [-0.39, 0.29) is 12.6 Å². The van der Waals surface area contributed by atoms with E-state index in [4.69, 9.17) is 14.2 Å². The van der Waals surface area contributed by atoms with Crippen molar-refractivity contribution in [2.45, 2.75) is 59.0 Å². The van der Waals surface area contributed by atoms with Crippen molar-refractivity contribution in [2.24, 2.45) is 0 Å². The number of carbonyl (C=O) groups is 3. The fourth-order valence-electron chi connectivity index (χ4n) is 5.21. The van der Waals surface area contributed by atoms with Crippen LogP contribution in [0.25, 0.3) is 0 Å². The van der Waals surface area contributed by atoms with Gasteiger partial charge in [0.25, 0.3) is 0 Å². The Morgan fingerprint density at radius 1 is 1.07 bits per heavy atom. The lowest BCUT2D eigenvalue weighted by molar-refractivity contribution is -0.144. The number of benzene rings is 2. The van der Waals surface area contributed by atoms with Gasteiger partial charge in [-0.2, -0.15) is 0 Å². The SMILES string of the molecule is COc1c(C)c2c(c(NC(=O)Nc3ccccc3)c1C/C=C(\C)CCC(=O)OCCN1CCCCC1)C(=O)OC2. The number of esters is 2. The molecule has 2 heterocycles. The molecule has 0 atom stereocenters. The first-order valence-corrected chi connectivity index (χ1v) is 13.9. The summed E-state index contributed by atoms with van der Waals surface area (Å²) in [5.74, 6) is -0.100. The maximum absolute atomic E-state index is 12.9. The predicted octanol–water partition coefficient (Wildman–Crippen LogP) is 5.62. The maximum Gasteiger partial charge on any atom is 0.341 e. The number of likely N-dealkylation sites (tertiary alicyclic amines) is 1. The second-order valence-electron chi connectivity index (χ2n) is 10.3. The lowest BCUT2D eigenvalue weighted by Gasteiger charge is -2.25. The van der Waals surface area contributed by atoms with Crippen molar-refractivity contribution >= 4 is 29.3 Å². The number of hydrogen-bond donors (Lipinski definition) is 2. The molecule has 4 rings (SSSR count). The molecule has 9 heteroatoms. The highest BCUT2D eigenvalue weighted by Crippen LogP contribution is 2.41. The van der Waals surface area contributed by atoms with Crippen LogP contribution in [0, 0.1) is 6.92 Å². The van der Waals surface area contributed by atoms with E-state index in [2.05, 4.69) is 15.5 Å². The number of carbonyl (C=O) groups excluding carboxylic acids is 3. The van der Waals surface area contributed by atoms with Gasteiger partial charge < -0.3 is 24.8 Å². The van der Waals surface area contributed by atoms with Crippen LogP contribution in [0.15, 0.2) is 42.0 Å². The Morgan fingerprint density at radius 3 is 2.55 bits per heavy atom. The molecular formula is C31H39N3O6. The van der Waals surface area contributed by atoms with Crippen molar-refractivity contribution < 1.29 is 28.6 Å². The minimum atomic E-state index is -0.481. The summed E-state index contributed by atoms with van der Waals surface area (Å²) in [4.78, 5) is 40.3. The summed E-state index contributed by atoms with van der Waals surface area (Å²) in [7, 11) is 1.57.